The van der Waals surface area contributed by atoms with Gasteiger partial charge in [-0.05, 0) is 57.0 Å². The van der Waals surface area contributed by atoms with Crippen molar-refractivity contribution in [2.45, 2.75) is 32.6 Å². The lowest BCUT2D eigenvalue weighted by Gasteiger charge is -2.31. The molecule has 1 fully saturated rings. The second-order valence-corrected chi connectivity index (χ2v) is 8.32. The van der Waals surface area contributed by atoms with E-state index >= 15 is 0 Å². The Morgan fingerprint density at radius 1 is 1.18 bits per heavy atom. The van der Waals surface area contributed by atoms with Gasteiger partial charge in [-0.15, -0.1) is 0 Å². The maximum atomic E-state index is 12.7. The Labute approximate surface area is 134 Å². The Morgan fingerprint density at radius 2 is 1.82 bits per heavy atom. The highest BCUT2D eigenvalue weighted by Gasteiger charge is 2.30. The molecular weight excluding hydrogens is 296 g/mol. The largest absolute Gasteiger partial charge is 0.329 e. The van der Waals surface area contributed by atoms with Crippen molar-refractivity contribution in [3.8, 4) is 0 Å². The number of rotatable bonds is 4. The van der Waals surface area contributed by atoms with Crippen molar-refractivity contribution >= 4 is 10.0 Å². The normalized spacial score (nSPS) is 17.5. The molecule has 1 heterocycles. The SMILES string of the molecule is CC(C)=CC[NH+]1CCN(S(=O)(=O)c2ccc(C)c(C)c2)CC1. The third kappa shape index (κ3) is 3.97. The fourth-order valence-electron chi connectivity index (χ4n) is 2.62. The monoisotopic (exact) mass is 323 g/mol. The zero-order chi connectivity index (χ0) is 16.3. The van der Waals surface area contributed by atoms with Crippen LogP contribution in [0.2, 0.25) is 0 Å². The van der Waals surface area contributed by atoms with E-state index in [1.807, 2.05) is 19.9 Å². The Morgan fingerprint density at radius 3 is 2.36 bits per heavy atom. The highest BCUT2D eigenvalue weighted by Crippen LogP contribution is 2.19. The van der Waals surface area contributed by atoms with Crippen LogP contribution in [0.1, 0.15) is 25.0 Å². The van der Waals surface area contributed by atoms with Crippen molar-refractivity contribution in [1.29, 1.82) is 0 Å². The van der Waals surface area contributed by atoms with Crippen LogP contribution in [0.25, 0.3) is 0 Å². The minimum atomic E-state index is -3.35. The predicted octanol–water partition coefficient (Wildman–Crippen LogP) is 1.16. The van der Waals surface area contributed by atoms with Gasteiger partial charge in [0.25, 0.3) is 0 Å². The quantitative estimate of drug-likeness (QED) is 0.845. The molecule has 0 unspecified atom stereocenters. The highest BCUT2D eigenvalue weighted by molar-refractivity contribution is 7.89. The number of nitrogens with zero attached hydrogens (tertiary/aromatic N) is 1. The minimum absolute atomic E-state index is 0.420. The van der Waals surface area contributed by atoms with Crippen LogP contribution < -0.4 is 4.90 Å². The van der Waals surface area contributed by atoms with Gasteiger partial charge in [0.05, 0.1) is 37.6 Å². The second-order valence-electron chi connectivity index (χ2n) is 6.39. The van der Waals surface area contributed by atoms with Crippen LogP contribution >= 0.6 is 0 Å². The summed E-state index contributed by atoms with van der Waals surface area (Å²) in [7, 11) is -3.35. The lowest BCUT2D eigenvalue weighted by molar-refractivity contribution is -0.897. The molecule has 0 bridgehead atoms. The summed E-state index contributed by atoms with van der Waals surface area (Å²) in [5, 5.41) is 0. The minimum Gasteiger partial charge on any atom is -0.329 e. The number of nitrogens with one attached hydrogen (secondary N) is 1. The number of quaternary nitrogens is 1. The Balaban J connectivity index is 2.06. The Kier molecular flexibility index (Phi) is 5.42. The average molecular weight is 323 g/mol. The lowest BCUT2D eigenvalue weighted by Crippen LogP contribution is -3.14. The molecule has 1 aliphatic rings. The maximum Gasteiger partial charge on any atom is 0.243 e. The van der Waals surface area contributed by atoms with E-state index in [0.717, 1.165) is 30.8 Å². The molecule has 1 N–H and O–H groups in total. The number of benzene rings is 1. The fourth-order valence-corrected chi connectivity index (χ4v) is 4.15. The third-order valence-electron chi connectivity index (χ3n) is 4.34. The first-order chi connectivity index (χ1) is 10.3. The molecule has 0 aliphatic carbocycles. The van der Waals surface area contributed by atoms with Crippen LogP contribution in [0.15, 0.2) is 34.7 Å². The molecule has 0 atom stereocenters. The van der Waals surface area contributed by atoms with Crippen LogP contribution in [-0.4, -0.2) is 45.4 Å². The summed E-state index contributed by atoms with van der Waals surface area (Å²) in [5.74, 6) is 0. The maximum absolute atomic E-state index is 12.7. The van der Waals surface area contributed by atoms with Gasteiger partial charge >= 0.3 is 0 Å². The molecular formula is C17H27N2O2S+. The molecule has 2 rings (SSSR count). The van der Waals surface area contributed by atoms with Gasteiger partial charge in [0.15, 0.2) is 0 Å². The molecule has 1 aliphatic heterocycles. The van der Waals surface area contributed by atoms with Crippen molar-refractivity contribution in [3.63, 3.8) is 0 Å². The van der Waals surface area contributed by atoms with Crippen LogP contribution in [0.5, 0.6) is 0 Å². The molecule has 0 saturated carbocycles. The van der Waals surface area contributed by atoms with Crippen molar-refractivity contribution in [1.82, 2.24) is 4.31 Å². The third-order valence-corrected chi connectivity index (χ3v) is 6.24. The topological polar surface area (TPSA) is 41.8 Å². The lowest BCUT2D eigenvalue weighted by atomic mass is 10.1. The first kappa shape index (κ1) is 17.2. The molecule has 22 heavy (non-hydrogen) atoms. The number of hydrogen-bond acceptors (Lipinski definition) is 2. The Bertz CT molecular complexity index is 653. The summed E-state index contributed by atoms with van der Waals surface area (Å²) in [6.45, 7) is 12.1. The van der Waals surface area contributed by atoms with Gasteiger partial charge in [0.2, 0.25) is 10.0 Å². The van der Waals surface area contributed by atoms with E-state index in [2.05, 4.69) is 19.9 Å². The first-order valence-corrected chi connectivity index (χ1v) is 9.29. The summed E-state index contributed by atoms with van der Waals surface area (Å²) in [5.41, 5.74) is 3.46. The molecule has 5 heteroatoms. The zero-order valence-electron chi connectivity index (χ0n) is 14.0. The van der Waals surface area contributed by atoms with Gasteiger partial charge in [-0.2, -0.15) is 4.31 Å². The zero-order valence-corrected chi connectivity index (χ0v) is 14.8. The summed E-state index contributed by atoms with van der Waals surface area (Å²) in [4.78, 5) is 1.87. The molecule has 4 nitrogen and oxygen atoms in total. The van der Waals surface area contributed by atoms with Crippen LogP contribution in [0.3, 0.4) is 0 Å². The molecule has 1 aromatic rings. The molecule has 122 valence electrons. The second kappa shape index (κ2) is 6.94. The van der Waals surface area contributed by atoms with Gasteiger partial charge in [-0.3, -0.25) is 0 Å². The number of allylic oxidation sites excluding steroid dienone is 1. The van der Waals surface area contributed by atoms with E-state index < -0.39 is 10.0 Å². The fraction of sp³-hybridized carbons (Fsp3) is 0.529. The summed E-state index contributed by atoms with van der Waals surface area (Å²) < 4.78 is 27.1. The number of hydrogen-bond donors (Lipinski definition) is 1. The average Bonchev–Trinajstić information content (AvgIpc) is 2.48. The Hall–Kier alpha value is -1.17. The van der Waals surface area contributed by atoms with E-state index in [4.69, 9.17) is 0 Å². The first-order valence-electron chi connectivity index (χ1n) is 7.85. The van der Waals surface area contributed by atoms with Crippen molar-refractivity contribution in [2.75, 3.05) is 32.7 Å². The van der Waals surface area contributed by atoms with Gasteiger partial charge in [0, 0.05) is 0 Å². The smallest absolute Gasteiger partial charge is 0.243 e. The van der Waals surface area contributed by atoms with E-state index in [0.29, 0.717) is 18.0 Å². The van der Waals surface area contributed by atoms with Gasteiger partial charge in [-0.1, -0.05) is 11.6 Å². The molecule has 0 amide bonds. The standard InChI is InChI=1S/C17H26N2O2S/c1-14(2)7-8-18-9-11-19(12-10-18)22(20,21)17-6-5-15(3)16(4)13-17/h5-7,13H,8-12H2,1-4H3/p+1. The van der Waals surface area contributed by atoms with E-state index in [1.165, 1.54) is 10.5 Å². The van der Waals surface area contributed by atoms with E-state index in [1.54, 1.807) is 16.4 Å². The summed E-state index contributed by atoms with van der Waals surface area (Å²) >= 11 is 0. The number of sulfonamides is 1. The van der Waals surface area contributed by atoms with Crippen LogP contribution in [0.4, 0.5) is 0 Å². The molecule has 1 saturated heterocycles. The van der Waals surface area contributed by atoms with E-state index in [-0.39, 0.29) is 0 Å². The van der Waals surface area contributed by atoms with Gasteiger partial charge < -0.3 is 4.90 Å². The van der Waals surface area contributed by atoms with Gasteiger partial charge in [0.1, 0.15) is 0 Å². The predicted molar refractivity (Wildman–Crippen MR) is 89.7 cm³/mol. The summed E-state index contributed by atoms with van der Waals surface area (Å²) in [6.07, 6.45) is 2.23. The molecule has 0 aromatic heterocycles. The molecule has 0 radical (unpaired) electrons. The van der Waals surface area contributed by atoms with Crippen LogP contribution in [-0.2, 0) is 10.0 Å². The van der Waals surface area contributed by atoms with Crippen molar-refractivity contribution < 1.29 is 13.3 Å². The number of piperazine rings is 1. The molecule has 1 aromatic carbocycles. The van der Waals surface area contributed by atoms with E-state index in [9.17, 15) is 8.42 Å². The highest BCUT2D eigenvalue weighted by atomic mass is 32.2. The van der Waals surface area contributed by atoms with Crippen molar-refractivity contribution in [3.05, 3.63) is 41.0 Å². The van der Waals surface area contributed by atoms with Gasteiger partial charge in [-0.25, -0.2) is 8.42 Å². The summed E-state index contributed by atoms with van der Waals surface area (Å²) in [6, 6.07) is 5.39. The number of aryl methyl sites for hydroxylation is 2. The molecule has 0 spiro atoms. The van der Waals surface area contributed by atoms with Crippen LogP contribution in [0, 0.1) is 13.8 Å². The van der Waals surface area contributed by atoms with Crippen molar-refractivity contribution in [2.24, 2.45) is 0 Å².